The summed E-state index contributed by atoms with van der Waals surface area (Å²) in [5.74, 6) is 0.619. The SMILES string of the molecule is CCCCCCCCC(C)CCCCCCCC.CCCCCCCCCCCOC(=O)CCCCCN1CCC(OC(=O)CCN(C)C)C[C@H]1C(=O)OCCCCCCCC(C)=O. The maximum atomic E-state index is 13.2. The number of unbranched alkanes of at least 4 members (excludes halogenated alkanes) is 24. The first-order valence-corrected chi connectivity index (χ1v) is 27.4. The van der Waals surface area contributed by atoms with E-state index in [1.54, 1.807) is 6.92 Å². The molecule has 1 saturated heterocycles. The summed E-state index contributed by atoms with van der Waals surface area (Å²) < 4.78 is 16.9. The Bertz CT molecular complexity index is 1070. The van der Waals surface area contributed by atoms with Crippen molar-refractivity contribution in [3.8, 4) is 0 Å². The van der Waals surface area contributed by atoms with Crippen molar-refractivity contribution in [1.82, 2.24) is 9.80 Å². The Morgan fingerprint density at radius 3 is 1.52 bits per heavy atom. The third-order valence-corrected chi connectivity index (χ3v) is 12.9. The molecule has 64 heavy (non-hydrogen) atoms. The molecule has 1 unspecified atom stereocenters. The number of esters is 3. The van der Waals surface area contributed by atoms with Gasteiger partial charge in [-0.3, -0.25) is 19.3 Å². The topological polar surface area (TPSA) is 102 Å². The van der Waals surface area contributed by atoms with Crippen molar-refractivity contribution >= 4 is 23.7 Å². The number of ether oxygens (including phenoxy) is 3. The van der Waals surface area contributed by atoms with Crippen LogP contribution in [0, 0.1) is 5.92 Å². The fraction of sp³-hybridized carbons (Fsp3) is 0.927. The number of piperidine rings is 1. The van der Waals surface area contributed by atoms with Crippen molar-refractivity contribution in [2.45, 2.75) is 278 Å². The second-order valence-corrected chi connectivity index (χ2v) is 19.7. The molecule has 2 atom stereocenters. The highest BCUT2D eigenvalue weighted by Crippen LogP contribution is 2.24. The molecule has 1 rings (SSSR count). The minimum Gasteiger partial charge on any atom is -0.466 e. The van der Waals surface area contributed by atoms with Crippen LogP contribution in [0.3, 0.4) is 0 Å². The first-order valence-electron chi connectivity index (χ1n) is 27.4. The van der Waals surface area contributed by atoms with Crippen molar-refractivity contribution in [2.75, 3.05) is 46.9 Å². The van der Waals surface area contributed by atoms with Crippen LogP contribution in [0.1, 0.15) is 266 Å². The fourth-order valence-electron chi connectivity index (χ4n) is 8.56. The molecule has 0 radical (unpaired) electrons. The molecule has 0 aromatic rings. The van der Waals surface area contributed by atoms with E-state index in [2.05, 4.69) is 32.6 Å². The lowest BCUT2D eigenvalue weighted by atomic mass is 9.96. The summed E-state index contributed by atoms with van der Waals surface area (Å²) in [6.45, 7) is 13.8. The third kappa shape index (κ3) is 41.4. The zero-order valence-electron chi connectivity index (χ0n) is 43.5. The van der Waals surface area contributed by atoms with Crippen LogP contribution >= 0.6 is 0 Å². The molecule has 0 spiro atoms. The molecule has 378 valence electrons. The maximum Gasteiger partial charge on any atom is 0.323 e. The summed E-state index contributed by atoms with van der Waals surface area (Å²) in [6, 6.07) is -0.433. The van der Waals surface area contributed by atoms with Crippen molar-refractivity contribution < 1.29 is 33.4 Å². The molecule has 1 aliphatic heterocycles. The molecular weight excluding hydrogens is 801 g/mol. The van der Waals surface area contributed by atoms with Gasteiger partial charge in [-0.2, -0.15) is 0 Å². The highest BCUT2D eigenvalue weighted by Gasteiger charge is 2.36. The zero-order valence-corrected chi connectivity index (χ0v) is 43.5. The molecular formula is C55H106N2O7. The number of ketones is 1. The van der Waals surface area contributed by atoms with Crippen LogP contribution in [0.5, 0.6) is 0 Å². The monoisotopic (exact) mass is 907 g/mol. The predicted molar refractivity (Wildman–Crippen MR) is 269 cm³/mol. The number of likely N-dealkylation sites (tertiary alicyclic amines) is 1. The van der Waals surface area contributed by atoms with Crippen LogP contribution in [0.2, 0.25) is 0 Å². The van der Waals surface area contributed by atoms with Crippen molar-refractivity contribution in [2.24, 2.45) is 5.92 Å². The average molecular weight is 907 g/mol. The van der Waals surface area contributed by atoms with Crippen LogP contribution in [-0.4, -0.2) is 92.6 Å². The molecule has 1 aliphatic rings. The van der Waals surface area contributed by atoms with Crippen LogP contribution in [0.15, 0.2) is 0 Å². The van der Waals surface area contributed by atoms with E-state index >= 15 is 0 Å². The lowest BCUT2D eigenvalue weighted by Crippen LogP contribution is -2.50. The van der Waals surface area contributed by atoms with E-state index < -0.39 is 6.04 Å². The number of nitrogens with zero attached hydrogens (tertiary/aromatic N) is 2. The van der Waals surface area contributed by atoms with Gasteiger partial charge in [0.25, 0.3) is 0 Å². The molecule has 0 aromatic heterocycles. The van der Waals surface area contributed by atoms with E-state index in [1.807, 2.05) is 19.0 Å². The van der Waals surface area contributed by atoms with Gasteiger partial charge < -0.3 is 23.9 Å². The molecule has 0 aliphatic carbocycles. The quantitative estimate of drug-likeness (QED) is 0.0336. The van der Waals surface area contributed by atoms with E-state index in [1.165, 1.54) is 135 Å². The van der Waals surface area contributed by atoms with Gasteiger partial charge in [0, 0.05) is 32.4 Å². The van der Waals surface area contributed by atoms with Crippen molar-refractivity contribution in [3.05, 3.63) is 0 Å². The number of carbonyl (C=O) groups excluding carboxylic acids is 4. The highest BCUT2D eigenvalue weighted by molar-refractivity contribution is 5.76. The molecule has 0 saturated carbocycles. The summed E-state index contributed by atoms with van der Waals surface area (Å²) in [5.41, 5.74) is 0. The molecule has 0 amide bonds. The maximum absolute atomic E-state index is 13.2. The van der Waals surface area contributed by atoms with Gasteiger partial charge in [-0.15, -0.1) is 0 Å². The second kappa shape index (κ2) is 46.1. The van der Waals surface area contributed by atoms with E-state index in [-0.39, 0.29) is 29.8 Å². The normalized spacial score (nSPS) is 15.3. The predicted octanol–water partition coefficient (Wildman–Crippen LogP) is 14.5. The summed E-state index contributed by atoms with van der Waals surface area (Å²) >= 11 is 0. The largest absolute Gasteiger partial charge is 0.466 e. The average Bonchev–Trinajstić information content (AvgIpc) is 3.27. The van der Waals surface area contributed by atoms with E-state index in [9.17, 15) is 19.2 Å². The zero-order chi connectivity index (χ0) is 47.3. The van der Waals surface area contributed by atoms with Crippen molar-refractivity contribution in [3.63, 3.8) is 0 Å². The van der Waals surface area contributed by atoms with Gasteiger partial charge in [0.05, 0.1) is 19.6 Å². The van der Waals surface area contributed by atoms with E-state index in [0.29, 0.717) is 58.4 Å². The first kappa shape index (κ1) is 62.0. The van der Waals surface area contributed by atoms with Gasteiger partial charge in [0.2, 0.25) is 0 Å². The van der Waals surface area contributed by atoms with Gasteiger partial charge >= 0.3 is 17.9 Å². The van der Waals surface area contributed by atoms with Gasteiger partial charge in [-0.1, -0.05) is 195 Å². The summed E-state index contributed by atoms with van der Waals surface area (Å²) in [5, 5.41) is 0. The fourth-order valence-corrected chi connectivity index (χ4v) is 8.56. The number of hydrogen-bond acceptors (Lipinski definition) is 9. The third-order valence-electron chi connectivity index (χ3n) is 12.9. The number of Topliss-reactive ketones (excluding diaryl/α,β-unsaturated/α-hetero) is 1. The summed E-state index contributed by atoms with van der Waals surface area (Å²) in [6.07, 6.45) is 41.0. The Labute approximate surface area is 396 Å². The molecule has 1 fully saturated rings. The Morgan fingerprint density at radius 1 is 0.547 bits per heavy atom. The van der Waals surface area contributed by atoms with Crippen molar-refractivity contribution in [1.29, 1.82) is 0 Å². The molecule has 1 heterocycles. The van der Waals surface area contributed by atoms with E-state index in [4.69, 9.17) is 14.2 Å². The first-order chi connectivity index (χ1) is 31.0. The minimum absolute atomic E-state index is 0.114. The van der Waals surface area contributed by atoms with E-state index in [0.717, 1.165) is 76.7 Å². The Hall–Kier alpha value is -2.00. The van der Waals surface area contributed by atoms with Gasteiger partial charge in [-0.25, -0.2) is 0 Å². The van der Waals surface area contributed by atoms with Gasteiger partial charge in [0.15, 0.2) is 0 Å². The van der Waals surface area contributed by atoms with Crippen LogP contribution in [-0.2, 0) is 33.4 Å². The van der Waals surface area contributed by atoms with Crippen LogP contribution in [0.4, 0.5) is 0 Å². The lowest BCUT2D eigenvalue weighted by molar-refractivity contribution is -0.161. The summed E-state index contributed by atoms with van der Waals surface area (Å²) in [7, 11) is 3.84. The number of carbonyl (C=O) groups is 4. The molecule has 9 heteroatoms. The Kier molecular flexibility index (Phi) is 44.7. The standard InChI is InChI=1S/C37H68N2O7.C18H38/c1-5-6-7-8-9-10-11-14-20-29-44-35(41)23-18-16-19-26-39-28-24-33(46-36(42)25-27-38(3)4)31-34(39)37(43)45-30-21-15-12-13-17-22-32(2)40;1-4-6-8-10-12-14-16-18(3)17-15-13-11-9-7-5-2/h33-34H,5-31H2,1-4H3;18H,4-17H2,1-3H3/t33?,34-;/m0./s1. The molecule has 0 aromatic carbocycles. The highest BCUT2D eigenvalue weighted by atomic mass is 16.5. The molecule has 0 bridgehead atoms. The lowest BCUT2D eigenvalue weighted by Gasteiger charge is -2.37. The molecule has 9 nitrogen and oxygen atoms in total. The molecule has 0 N–H and O–H groups in total. The smallest absolute Gasteiger partial charge is 0.323 e. The Balaban J connectivity index is 0.00000184. The van der Waals surface area contributed by atoms with Gasteiger partial charge in [-0.05, 0) is 72.0 Å². The van der Waals surface area contributed by atoms with Crippen LogP contribution in [0.25, 0.3) is 0 Å². The minimum atomic E-state index is -0.433. The number of rotatable bonds is 43. The van der Waals surface area contributed by atoms with Gasteiger partial charge in [0.1, 0.15) is 17.9 Å². The Morgan fingerprint density at radius 2 is 1.00 bits per heavy atom. The number of hydrogen-bond donors (Lipinski definition) is 0. The summed E-state index contributed by atoms with van der Waals surface area (Å²) in [4.78, 5) is 52.9. The second-order valence-electron chi connectivity index (χ2n) is 19.7. The van der Waals surface area contributed by atoms with Crippen LogP contribution < -0.4 is 0 Å².